The van der Waals surface area contributed by atoms with Crippen LogP contribution in [0.1, 0.15) is 31.9 Å². The second-order valence-electron chi connectivity index (χ2n) is 7.10. The number of nitrogens with two attached hydrogens (primary N) is 1. The predicted molar refractivity (Wildman–Crippen MR) is 92.3 cm³/mol. The van der Waals surface area contributed by atoms with Gasteiger partial charge in [0.05, 0.1) is 0 Å². The molecule has 0 aromatic heterocycles. The van der Waals surface area contributed by atoms with Gasteiger partial charge < -0.3 is 15.4 Å². The van der Waals surface area contributed by atoms with Crippen molar-refractivity contribution in [3.63, 3.8) is 0 Å². The molecule has 1 aliphatic rings. The van der Waals surface area contributed by atoms with Gasteiger partial charge in [-0.25, -0.2) is 4.79 Å². The van der Waals surface area contributed by atoms with Gasteiger partial charge >= 0.3 is 6.09 Å². The molecule has 0 atom stereocenters. The fourth-order valence-electron chi connectivity index (χ4n) is 2.72. The van der Waals surface area contributed by atoms with Gasteiger partial charge in [0.25, 0.3) is 0 Å². The van der Waals surface area contributed by atoms with E-state index in [0.29, 0.717) is 6.54 Å². The molecule has 1 fully saturated rings. The Bertz CT molecular complexity index is 517. The van der Waals surface area contributed by atoms with Crippen LogP contribution in [0.2, 0.25) is 0 Å². The minimum atomic E-state index is -0.433. The average molecular weight is 319 g/mol. The first-order valence-corrected chi connectivity index (χ1v) is 8.35. The molecular formula is C18H29N3O2. The van der Waals surface area contributed by atoms with Gasteiger partial charge in [-0.15, -0.1) is 0 Å². The minimum Gasteiger partial charge on any atom is -0.444 e. The Balaban J connectivity index is 1.83. The van der Waals surface area contributed by atoms with Crippen LogP contribution >= 0.6 is 0 Å². The molecule has 1 aromatic rings. The van der Waals surface area contributed by atoms with E-state index < -0.39 is 5.60 Å². The van der Waals surface area contributed by atoms with Crippen molar-refractivity contribution in [1.29, 1.82) is 0 Å². The molecule has 0 radical (unpaired) electrons. The van der Waals surface area contributed by atoms with Gasteiger partial charge in [-0.1, -0.05) is 24.3 Å². The highest BCUT2D eigenvalue weighted by Gasteiger charge is 2.25. The van der Waals surface area contributed by atoms with Crippen molar-refractivity contribution in [1.82, 2.24) is 9.80 Å². The van der Waals surface area contributed by atoms with Crippen LogP contribution in [0, 0.1) is 0 Å². The molecule has 1 aromatic carbocycles. The Labute approximate surface area is 139 Å². The highest BCUT2D eigenvalue weighted by Crippen LogP contribution is 2.14. The molecule has 1 saturated heterocycles. The summed E-state index contributed by atoms with van der Waals surface area (Å²) < 4.78 is 5.43. The van der Waals surface area contributed by atoms with Crippen LogP contribution < -0.4 is 5.73 Å². The molecule has 1 aliphatic heterocycles. The van der Waals surface area contributed by atoms with E-state index in [0.717, 1.165) is 39.1 Å². The van der Waals surface area contributed by atoms with E-state index in [1.54, 1.807) is 4.90 Å². The number of carbonyl (C=O) groups is 1. The van der Waals surface area contributed by atoms with E-state index in [-0.39, 0.29) is 6.09 Å². The second-order valence-corrected chi connectivity index (χ2v) is 7.10. The highest BCUT2D eigenvalue weighted by molar-refractivity contribution is 5.68. The highest BCUT2D eigenvalue weighted by atomic mass is 16.6. The Morgan fingerprint density at radius 2 is 1.83 bits per heavy atom. The van der Waals surface area contributed by atoms with Gasteiger partial charge in [-0.3, -0.25) is 4.90 Å². The van der Waals surface area contributed by atoms with E-state index in [9.17, 15) is 4.79 Å². The molecule has 1 heterocycles. The molecule has 0 spiro atoms. The number of amides is 1. The summed E-state index contributed by atoms with van der Waals surface area (Å²) in [6, 6.07) is 8.60. The third-order valence-corrected chi connectivity index (χ3v) is 3.85. The van der Waals surface area contributed by atoms with Crippen molar-refractivity contribution in [2.24, 2.45) is 5.73 Å². The van der Waals surface area contributed by atoms with Gasteiger partial charge in [0.2, 0.25) is 0 Å². The molecule has 2 N–H and O–H groups in total. The van der Waals surface area contributed by atoms with E-state index in [1.165, 1.54) is 11.1 Å². The normalized spacial score (nSPS) is 16.4. The molecule has 5 nitrogen and oxygen atoms in total. The third kappa shape index (κ3) is 5.84. The summed E-state index contributed by atoms with van der Waals surface area (Å²) >= 11 is 0. The lowest BCUT2D eigenvalue weighted by atomic mass is 10.1. The average Bonchev–Trinajstić information content (AvgIpc) is 2.47. The van der Waals surface area contributed by atoms with Crippen molar-refractivity contribution in [3.05, 3.63) is 35.4 Å². The smallest absolute Gasteiger partial charge is 0.410 e. The number of benzene rings is 1. The van der Waals surface area contributed by atoms with Crippen LogP contribution in [-0.4, -0.2) is 54.2 Å². The standard InChI is InChI=1S/C18H29N3O2/c1-18(2,3)23-17(22)21-11-9-20(10-12-21)14-16-6-4-5-15(13-16)7-8-19/h4-6,13H,7-12,14,19H2,1-3H3. The van der Waals surface area contributed by atoms with Crippen molar-refractivity contribution < 1.29 is 9.53 Å². The molecule has 23 heavy (non-hydrogen) atoms. The molecule has 0 saturated carbocycles. The van der Waals surface area contributed by atoms with Crippen LogP contribution in [0.4, 0.5) is 4.79 Å². The van der Waals surface area contributed by atoms with Crippen molar-refractivity contribution in [2.45, 2.75) is 39.3 Å². The lowest BCUT2D eigenvalue weighted by Crippen LogP contribution is -2.49. The fraction of sp³-hybridized carbons (Fsp3) is 0.611. The number of hydrogen-bond donors (Lipinski definition) is 1. The van der Waals surface area contributed by atoms with Gasteiger partial charge in [-0.05, 0) is 44.9 Å². The van der Waals surface area contributed by atoms with Crippen molar-refractivity contribution in [2.75, 3.05) is 32.7 Å². The predicted octanol–water partition coefficient (Wildman–Crippen LogP) is 2.24. The molecule has 5 heteroatoms. The monoisotopic (exact) mass is 319 g/mol. The topological polar surface area (TPSA) is 58.8 Å². The van der Waals surface area contributed by atoms with Gasteiger partial charge in [0.1, 0.15) is 5.60 Å². The number of hydrogen-bond acceptors (Lipinski definition) is 4. The zero-order valence-corrected chi connectivity index (χ0v) is 14.5. The Morgan fingerprint density at radius 3 is 2.43 bits per heavy atom. The largest absolute Gasteiger partial charge is 0.444 e. The summed E-state index contributed by atoms with van der Waals surface area (Å²) in [4.78, 5) is 16.2. The first-order chi connectivity index (χ1) is 10.9. The second kappa shape index (κ2) is 7.79. The maximum atomic E-state index is 12.1. The van der Waals surface area contributed by atoms with E-state index in [4.69, 9.17) is 10.5 Å². The number of rotatable bonds is 4. The lowest BCUT2D eigenvalue weighted by Gasteiger charge is -2.35. The quantitative estimate of drug-likeness (QED) is 0.924. The number of nitrogens with zero attached hydrogens (tertiary/aromatic N) is 2. The molecular weight excluding hydrogens is 290 g/mol. The van der Waals surface area contributed by atoms with Crippen LogP contribution in [0.15, 0.2) is 24.3 Å². The van der Waals surface area contributed by atoms with Crippen LogP contribution in [0.5, 0.6) is 0 Å². The maximum Gasteiger partial charge on any atom is 0.410 e. The lowest BCUT2D eigenvalue weighted by molar-refractivity contribution is 0.0139. The first kappa shape index (κ1) is 17.8. The Hall–Kier alpha value is -1.59. The van der Waals surface area contributed by atoms with Crippen LogP contribution in [-0.2, 0) is 17.7 Å². The van der Waals surface area contributed by atoms with Gasteiger partial charge in [0, 0.05) is 32.7 Å². The summed E-state index contributed by atoms with van der Waals surface area (Å²) in [5, 5.41) is 0. The summed E-state index contributed by atoms with van der Waals surface area (Å²) in [6.07, 6.45) is 0.711. The van der Waals surface area contributed by atoms with E-state index in [2.05, 4.69) is 29.2 Å². The SMILES string of the molecule is CC(C)(C)OC(=O)N1CCN(Cc2cccc(CCN)c2)CC1. The minimum absolute atomic E-state index is 0.206. The van der Waals surface area contributed by atoms with Gasteiger partial charge in [0.15, 0.2) is 0 Å². The molecule has 1 amide bonds. The summed E-state index contributed by atoms with van der Waals surface area (Å²) in [7, 11) is 0. The molecule has 0 aliphatic carbocycles. The Kier molecular flexibility index (Phi) is 6.02. The fourth-order valence-corrected chi connectivity index (χ4v) is 2.72. The summed E-state index contributed by atoms with van der Waals surface area (Å²) in [6.45, 7) is 10.5. The molecule has 0 unspecified atom stereocenters. The zero-order valence-electron chi connectivity index (χ0n) is 14.5. The molecule has 2 rings (SSSR count). The number of carbonyl (C=O) groups excluding carboxylic acids is 1. The summed E-state index contributed by atoms with van der Waals surface area (Å²) in [5.41, 5.74) is 7.79. The molecule has 128 valence electrons. The molecule has 0 bridgehead atoms. The van der Waals surface area contributed by atoms with Crippen molar-refractivity contribution in [3.8, 4) is 0 Å². The van der Waals surface area contributed by atoms with E-state index in [1.807, 2.05) is 20.8 Å². The van der Waals surface area contributed by atoms with Crippen LogP contribution in [0.3, 0.4) is 0 Å². The van der Waals surface area contributed by atoms with Crippen molar-refractivity contribution >= 4 is 6.09 Å². The van der Waals surface area contributed by atoms with E-state index >= 15 is 0 Å². The maximum absolute atomic E-state index is 12.1. The Morgan fingerprint density at radius 1 is 1.17 bits per heavy atom. The zero-order chi connectivity index (χ0) is 16.9. The van der Waals surface area contributed by atoms with Gasteiger partial charge in [-0.2, -0.15) is 0 Å². The third-order valence-electron chi connectivity index (χ3n) is 3.85. The number of ether oxygens (including phenoxy) is 1. The summed E-state index contributed by atoms with van der Waals surface area (Å²) in [5.74, 6) is 0. The van der Waals surface area contributed by atoms with Crippen LogP contribution in [0.25, 0.3) is 0 Å². The number of piperazine rings is 1. The first-order valence-electron chi connectivity index (χ1n) is 8.35.